The summed E-state index contributed by atoms with van der Waals surface area (Å²) in [6.45, 7) is 0. The van der Waals surface area contributed by atoms with E-state index < -0.39 is 4.84 Å². The number of alkyl halides is 3. The van der Waals surface area contributed by atoms with Crippen molar-refractivity contribution in [2.75, 3.05) is 0 Å². The van der Waals surface area contributed by atoms with E-state index in [1.54, 1.807) is 12.1 Å². The largest absolute Gasteiger partial charge is 0.135 e. The van der Waals surface area contributed by atoms with Gasteiger partial charge in [0.1, 0.15) is 4.84 Å². The van der Waals surface area contributed by atoms with Gasteiger partial charge in [-0.15, -0.1) is 11.6 Å². The topological polar surface area (TPSA) is 0 Å². The third-order valence-electron chi connectivity index (χ3n) is 1.51. The van der Waals surface area contributed by atoms with Crippen LogP contribution in [0.15, 0.2) is 12.1 Å². The van der Waals surface area contributed by atoms with Gasteiger partial charge in [0.2, 0.25) is 0 Å². The molecule has 0 aliphatic heterocycles. The van der Waals surface area contributed by atoms with E-state index in [0.29, 0.717) is 21.5 Å². The molecule has 0 saturated heterocycles. The summed E-state index contributed by atoms with van der Waals surface area (Å²) in [4.78, 5) is -0.718. The van der Waals surface area contributed by atoms with Crippen LogP contribution in [0.3, 0.4) is 0 Å². The standard InChI is InChI=1S/C8H5Cl5/c9-3-4-1-5(10)7(8(12)13)6(11)2-4/h1-2,8H,3H2. The fourth-order valence-corrected chi connectivity index (χ4v) is 2.52. The summed E-state index contributed by atoms with van der Waals surface area (Å²) in [5.74, 6) is 0.356. The molecular weight excluding hydrogens is 273 g/mol. The Kier molecular flexibility index (Phi) is 4.47. The number of halogens is 5. The molecule has 0 aromatic heterocycles. The number of rotatable bonds is 2. The second-order valence-corrected chi connectivity index (χ2v) is 4.59. The minimum absolute atomic E-state index is 0.356. The maximum absolute atomic E-state index is 5.90. The zero-order chi connectivity index (χ0) is 10.0. The van der Waals surface area contributed by atoms with Crippen LogP contribution in [0.5, 0.6) is 0 Å². The van der Waals surface area contributed by atoms with Gasteiger partial charge in [0, 0.05) is 21.5 Å². The first-order valence-electron chi connectivity index (χ1n) is 3.38. The Bertz CT molecular complexity index is 284. The van der Waals surface area contributed by atoms with Gasteiger partial charge in [-0.05, 0) is 17.7 Å². The van der Waals surface area contributed by atoms with E-state index >= 15 is 0 Å². The van der Waals surface area contributed by atoms with Gasteiger partial charge in [-0.25, -0.2) is 0 Å². The molecule has 0 nitrogen and oxygen atoms in total. The summed E-state index contributed by atoms with van der Waals surface area (Å²) < 4.78 is 0. The Balaban J connectivity index is 3.23. The van der Waals surface area contributed by atoms with Crippen molar-refractivity contribution in [3.05, 3.63) is 33.3 Å². The van der Waals surface area contributed by atoms with Gasteiger partial charge in [-0.1, -0.05) is 46.4 Å². The van der Waals surface area contributed by atoms with E-state index in [0.717, 1.165) is 5.56 Å². The van der Waals surface area contributed by atoms with E-state index in [2.05, 4.69) is 0 Å². The lowest BCUT2D eigenvalue weighted by Gasteiger charge is -2.08. The Hall–Kier alpha value is 0.670. The zero-order valence-corrected chi connectivity index (χ0v) is 10.1. The zero-order valence-electron chi connectivity index (χ0n) is 6.33. The summed E-state index contributed by atoms with van der Waals surface area (Å²) >= 11 is 28.8. The maximum atomic E-state index is 5.90. The van der Waals surface area contributed by atoms with Crippen molar-refractivity contribution in [3.8, 4) is 0 Å². The summed E-state index contributed by atoms with van der Waals surface area (Å²) in [6, 6.07) is 3.40. The molecular formula is C8H5Cl5. The molecule has 0 aliphatic carbocycles. The van der Waals surface area contributed by atoms with Gasteiger partial charge in [0.15, 0.2) is 0 Å². The molecule has 0 radical (unpaired) electrons. The second kappa shape index (κ2) is 4.95. The van der Waals surface area contributed by atoms with Crippen molar-refractivity contribution in [3.63, 3.8) is 0 Å². The first kappa shape index (κ1) is 11.7. The third kappa shape index (κ3) is 2.81. The van der Waals surface area contributed by atoms with E-state index in [1.807, 2.05) is 0 Å². The minimum Gasteiger partial charge on any atom is -0.122 e. The Morgan fingerprint density at radius 2 is 1.54 bits per heavy atom. The van der Waals surface area contributed by atoms with Crippen LogP contribution in [0.2, 0.25) is 10.0 Å². The highest BCUT2D eigenvalue weighted by Crippen LogP contribution is 2.37. The molecule has 0 amide bonds. The highest BCUT2D eigenvalue weighted by Gasteiger charge is 2.14. The van der Waals surface area contributed by atoms with Crippen molar-refractivity contribution < 1.29 is 0 Å². The lowest BCUT2D eigenvalue weighted by molar-refractivity contribution is 1.30. The summed E-state index contributed by atoms with van der Waals surface area (Å²) in [6.07, 6.45) is 0. The summed E-state index contributed by atoms with van der Waals surface area (Å²) in [5.41, 5.74) is 1.37. The molecule has 0 saturated carbocycles. The molecule has 0 aliphatic rings. The molecule has 0 bridgehead atoms. The van der Waals surface area contributed by atoms with Crippen molar-refractivity contribution >= 4 is 58.0 Å². The predicted octanol–water partition coefficient (Wildman–Crippen LogP) is 5.21. The molecule has 1 aromatic carbocycles. The van der Waals surface area contributed by atoms with Gasteiger partial charge < -0.3 is 0 Å². The number of benzene rings is 1. The van der Waals surface area contributed by atoms with Crippen LogP contribution in [-0.2, 0) is 5.88 Å². The molecule has 1 rings (SSSR count). The lowest BCUT2D eigenvalue weighted by atomic mass is 10.2. The average Bonchev–Trinajstić information content (AvgIpc) is 2.02. The first-order chi connectivity index (χ1) is 6.06. The van der Waals surface area contributed by atoms with E-state index in [4.69, 9.17) is 58.0 Å². The SMILES string of the molecule is ClCc1cc(Cl)c(C(Cl)Cl)c(Cl)c1. The van der Waals surface area contributed by atoms with Crippen molar-refractivity contribution in [1.29, 1.82) is 0 Å². The first-order valence-corrected chi connectivity index (χ1v) is 5.54. The van der Waals surface area contributed by atoms with Crippen molar-refractivity contribution in [2.24, 2.45) is 0 Å². The molecule has 0 N–H and O–H groups in total. The Morgan fingerprint density at radius 1 is 1.08 bits per heavy atom. The molecule has 13 heavy (non-hydrogen) atoms. The molecule has 0 fully saturated rings. The smallest absolute Gasteiger partial charge is 0.122 e. The predicted molar refractivity (Wildman–Crippen MR) is 60.5 cm³/mol. The maximum Gasteiger partial charge on any atom is 0.135 e. The van der Waals surface area contributed by atoms with Gasteiger partial charge >= 0.3 is 0 Å². The quantitative estimate of drug-likeness (QED) is 0.652. The highest BCUT2D eigenvalue weighted by molar-refractivity contribution is 6.47. The number of hydrogen-bond donors (Lipinski definition) is 0. The van der Waals surface area contributed by atoms with Crippen LogP contribution < -0.4 is 0 Å². The molecule has 0 heterocycles. The second-order valence-electron chi connectivity index (χ2n) is 2.41. The fraction of sp³-hybridized carbons (Fsp3) is 0.250. The van der Waals surface area contributed by atoms with Crippen LogP contribution in [0.1, 0.15) is 16.0 Å². The van der Waals surface area contributed by atoms with Crippen LogP contribution in [0.4, 0.5) is 0 Å². The monoisotopic (exact) mass is 276 g/mol. The Morgan fingerprint density at radius 3 is 1.85 bits per heavy atom. The van der Waals surface area contributed by atoms with Gasteiger partial charge in [-0.2, -0.15) is 0 Å². The van der Waals surface area contributed by atoms with Gasteiger partial charge in [-0.3, -0.25) is 0 Å². The van der Waals surface area contributed by atoms with E-state index in [-0.39, 0.29) is 0 Å². The number of hydrogen-bond acceptors (Lipinski definition) is 0. The van der Waals surface area contributed by atoms with Crippen molar-refractivity contribution in [1.82, 2.24) is 0 Å². The molecule has 0 atom stereocenters. The normalized spacial score (nSPS) is 10.9. The van der Waals surface area contributed by atoms with Gasteiger partial charge in [0.25, 0.3) is 0 Å². The van der Waals surface area contributed by atoms with Crippen molar-refractivity contribution in [2.45, 2.75) is 10.7 Å². The van der Waals surface area contributed by atoms with E-state index in [1.165, 1.54) is 0 Å². The molecule has 72 valence electrons. The molecule has 0 spiro atoms. The van der Waals surface area contributed by atoms with Crippen LogP contribution in [0, 0.1) is 0 Å². The summed E-state index contributed by atoms with van der Waals surface area (Å²) in [7, 11) is 0. The fourth-order valence-electron chi connectivity index (χ4n) is 0.922. The van der Waals surface area contributed by atoms with E-state index in [9.17, 15) is 0 Å². The lowest BCUT2D eigenvalue weighted by Crippen LogP contribution is -1.88. The molecule has 1 aromatic rings. The van der Waals surface area contributed by atoms with Crippen LogP contribution in [-0.4, -0.2) is 0 Å². The summed E-state index contributed by atoms with van der Waals surface area (Å²) in [5, 5.41) is 0.885. The van der Waals surface area contributed by atoms with Gasteiger partial charge in [0.05, 0.1) is 0 Å². The molecule has 5 heteroatoms. The minimum atomic E-state index is -0.718. The van der Waals surface area contributed by atoms with Crippen LogP contribution >= 0.6 is 58.0 Å². The average molecular weight is 278 g/mol. The third-order valence-corrected chi connectivity index (χ3v) is 2.88. The Labute approximate surface area is 102 Å². The molecule has 0 unspecified atom stereocenters. The highest BCUT2D eigenvalue weighted by atomic mass is 35.5. The van der Waals surface area contributed by atoms with Crippen LogP contribution in [0.25, 0.3) is 0 Å².